The molecule has 0 amide bonds. The van der Waals surface area contributed by atoms with Crippen molar-refractivity contribution >= 4 is 7.82 Å². The fraction of sp³-hybridized carbons (Fsp3) is 1.00. The van der Waals surface area contributed by atoms with E-state index in [0.29, 0.717) is 0 Å². The van der Waals surface area contributed by atoms with Gasteiger partial charge in [0.25, 0.3) is 0 Å². The molecular weight excluding hydrogens is 217 g/mol. The van der Waals surface area contributed by atoms with E-state index < -0.39 is 32.4 Å². The highest BCUT2D eigenvalue weighted by molar-refractivity contribution is 7.46. The van der Waals surface area contributed by atoms with Gasteiger partial charge in [-0.15, -0.1) is 0 Å². The van der Waals surface area contributed by atoms with Gasteiger partial charge in [-0.2, -0.15) is 0 Å². The maximum absolute atomic E-state index is 10.5. The van der Waals surface area contributed by atoms with Gasteiger partial charge in [-0.05, 0) is 0 Å². The third-order valence-corrected chi connectivity index (χ3v) is 2.29. The molecule has 9 heteroatoms. The minimum absolute atomic E-state index is 0.205. The van der Waals surface area contributed by atoms with E-state index in [1.807, 2.05) is 0 Å². The number of aliphatic hydroxyl groups is 2. The second-order valence-corrected chi connectivity index (χ2v) is 4.11. The zero-order valence-electron chi connectivity index (χ0n) is 7.05. The van der Waals surface area contributed by atoms with E-state index in [9.17, 15) is 9.67 Å². The summed E-state index contributed by atoms with van der Waals surface area (Å²) >= 11 is 0. The lowest BCUT2D eigenvalue weighted by Gasteiger charge is -2.35. The first-order valence-electron chi connectivity index (χ1n) is 3.78. The predicted octanol–water partition coefficient (Wildman–Crippen LogP) is -2.50. The summed E-state index contributed by atoms with van der Waals surface area (Å²) in [6.45, 7) is -0.205. The maximum Gasteiger partial charge on any atom is 0.470 e. The molecule has 14 heavy (non-hydrogen) atoms. The molecule has 0 saturated carbocycles. The van der Waals surface area contributed by atoms with Gasteiger partial charge in [0.1, 0.15) is 24.5 Å². The number of aliphatic hydroxyl groups excluding tert-OH is 2. The van der Waals surface area contributed by atoms with Crippen molar-refractivity contribution in [1.29, 1.82) is 0 Å². The molecular formula is C5H12NO7P. The van der Waals surface area contributed by atoms with Gasteiger partial charge in [0, 0.05) is 0 Å². The van der Waals surface area contributed by atoms with Gasteiger partial charge in [0.15, 0.2) is 0 Å². The third-order valence-electron chi connectivity index (χ3n) is 1.77. The molecule has 0 bridgehead atoms. The molecule has 1 heterocycles. The number of phosphoric ester groups is 1. The second kappa shape index (κ2) is 4.21. The Bertz CT molecular complexity index is 242. The summed E-state index contributed by atoms with van der Waals surface area (Å²) in [4.78, 5) is 17.0. The highest BCUT2D eigenvalue weighted by atomic mass is 31.2. The van der Waals surface area contributed by atoms with Crippen molar-refractivity contribution in [1.82, 2.24) is 0 Å². The van der Waals surface area contributed by atoms with E-state index in [1.165, 1.54) is 0 Å². The first-order chi connectivity index (χ1) is 6.31. The van der Waals surface area contributed by atoms with Crippen LogP contribution >= 0.6 is 7.82 Å². The molecule has 8 nitrogen and oxygen atoms in total. The summed E-state index contributed by atoms with van der Waals surface area (Å²) in [7, 11) is -4.77. The van der Waals surface area contributed by atoms with Crippen LogP contribution < -0.4 is 5.73 Å². The Kier molecular flexibility index (Phi) is 3.62. The van der Waals surface area contributed by atoms with Crippen LogP contribution in [0.3, 0.4) is 0 Å². The quantitative estimate of drug-likeness (QED) is 0.327. The minimum atomic E-state index is -4.77. The van der Waals surface area contributed by atoms with E-state index in [1.54, 1.807) is 0 Å². The van der Waals surface area contributed by atoms with Crippen LogP contribution in [-0.2, 0) is 13.8 Å². The van der Waals surface area contributed by atoms with Crippen LogP contribution in [0.2, 0.25) is 0 Å². The Labute approximate surface area is 79.5 Å². The monoisotopic (exact) mass is 229 g/mol. The van der Waals surface area contributed by atoms with Crippen LogP contribution in [-0.4, -0.2) is 51.1 Å². The molecule has 0 spiro atoms. The number of phosphoric acid groups is 1. The van der Waals surface area contributed by atoms with Gasteiger partial charge in [0.05, 0.1) is 6.61 Å². The van der Waals surface area contributed by atoms with Crippen molar-refractivity contribution in [3.63, 3.8) is 0 Å². The molecule has 0 aromatic rings. The number of nitrogens with two attached hydrogens (primary N) is 1. The van der Waals surface area contributed by atoms with Crippen molar-refractivity contribution < 1.29 is 33.8 Å². The number of hydrogen-bond donors (Lipinski definition) is 5. The van der Waals surface area contributed by atoms with Gasteiger partial charge in [0.2, 0.25) is 0 Å². The van der Waals surface area contributed by atoms with Crippen LogP contribution in [0.1, 0.15) is 0 Å². The van der Waals surface area contributed by atoms with Gasteiger partial charge >= 0.3 is 7.82 Å². The lowest BCUT2D eigenvalue weighted by atomic mass is 10.1. The Morgan fingerprint density at radius 1 is 1.43 bits per heavy atom. The molecule has 1 fully saturated rings. The zero-order valence-corrected chi connectivity index (χ0v) is 7.95. The Hall–Kier alpha value is -0.0500. The Morgan fingerprint density at radius 3 is 2.50 bits per heavy atom. The van der Waals surface area contributed by atoms with Gasteiger partial charge in [-0.3, -0.25) is 4.52 Å². The van der Waals surface area contributed by atoms with Crippen LogP contribution in [0.4, 0.5) is 0 Å². The van der Waals surface area contributed by atoms with E-state index >= 15 is 0 Å². The smallest absolute Gasteiger partial charge is 0.388 e. The molecule has 1 rings (SSSR count). The summed E-state index contributed by atoms with van der Waals surface area (Å²) in [5.41, 5.74) is 5.28. The number of hydrogen-bond acceptors (Lipinski definition) is 6. The molecule has 1 saturated heterocycles. The van der Waals surface area contributed by atoms with Gasteiger partial charge in [-0.1, -0.05) is 0 Å². The summed E-state index contributed by atoms with van der Waals surface area (Å²) in [6, 6.07) is 0. The van der Waals surface area contributed by atoms with Crippen LogP contribution in [0.15, 0.2) is 0 Å². The molecule has 0 aromatic heterocycles. The zero-order chi connectivity index (χ0) is 10.9. The van der Waals surface area contributed by atoms with E-state index in [2.05, 4.69) is 4.52 Å². The van der Waals surface area contributed by atoms with Crippen molar-refractivity contribution in [3.8, 4) is 0 Å². The van der Waals surface area contributed by atoms with E-state index in [4.69, 9.17) is 25.4 Å². The first kappa shape index (κ1) is 12.0. The molecule has 4 atom stereocenters. The van der Waals surface area contributed by atoms with Crippen molar-refractivity contribution in [2.24, 2.45) is 5.73 Å². The summed E-state index contributed by atoms with van der Waals surface area (Å²) in [5.74, 6) is 0. The molecule has 1 aliphatic heterocycles. The van der Waals surface area contributed by atoms with E-state index in [-0.39, 0.29) is 6.61 Å². The number of ether oxygens (including phenoxy) is 1. The normalized spacial score (nSPS) is 39.8. The van der Waals surface area contributed by atoms with Crippen molar-refractivity contribution in [2.75, 3.05) is 6.61 Å². The molecule has 6 N–H and O–H groups in total. The largest absolute Gasteiger partial charge is 0.470 e. The standard InChI is InChI=1S/C5H12NO7P/c6-5-4(13-14(9,10)11)3(8)2(7)1-12-5/h2-5,7-8H,1,6H2,(H2,9,10,11)/t2-,3-,4-,5?/m1/s1. The number of rotatable bonds is 2. The van der Waals surface area contributed by atoms with Crippen LogP contribution in [0.25, 0.3) is 0 Å². The topological polar surface area (TPSA) is 142 Å². The lowest BCUT2D eigenvalue weighted by molar-refractivity contribution is -0.180. The maximum atomic E-state index is 10.5. The SMILES string of the molecule is NC1OC[C@@H](O)[C@@H](O)[C@H]1OP(=O)(O)O. The fourth-order valence-corrected chi connectivity index (χ4v) is 1.66. The Morgan fingerprint density at radius 2 is 2.00 bits per heavy atom. The molecule has 1 unspecified atom stereocenters. The van der Waals surface area contributed by atoms with Crippen molar-refractivity contribution in [2.45, 2.75) is 24.5 Å². The first-order valence-corrected chi connectivity index (χ1v) is 5.31. The van der Waals surface area contributed by atoms with Crippen LogP contribution in [0, 0.1) is 0 Å². The molecule has 0 radical (unpaired) electrons. The predicted molar refractivity (Wildman–Crippen MR) is 42.9 cm³/mol. The lowest BCUT2D eigenvalue weighted by Crippen LogP contribution is -2.57. The molecule has 1 aliphatic rings. The van der Waals surface area contributed by atoms with Gasteiger partial charge in [-0.25, -0.2) is 4.57 Å². The molecule has 0 aromatic carbocycles. The highest BCUT2D eigenvalue weighted by Gasteiger charge is 2.41. The molecule has 84 valence electrons. The summed E-state index contributed by atoms with van der Waals surface area (Å²) < 4.78 is 19.4. The minimum Gasteiger partial charge on any atom is -0.388 e. The average Bonchev–Trinajstić information content (AvgIpc) is 2.04. The highest BCUT2D eigenvalue weighted by Crippen LogP contribution is 2.39. The third kappa shape index (κ3) is 2.97. The second-order valence-electron chi connectivity index (χ2n) is 2.92. The van der Waals surface area contributed by atoms with Crippen molar-refractivity contribution in [3.05, 3.63) is 0 Å². The summed E-state index contributed by atoms with van der Waals surface area (Å²) in [5, 5.41) is 18.4. The fourth-order valence-electron chi connectivity index (χ4n) is 1.10. The van der Waals surface area contributed by atoms with Gasteiger partial charge < -0.3 is 30.5 Å². The van der Waals surface area contributed by atoms with E-state index in [0.717, 1.165) is 0 Å². The Balaban J connectivity index is 2.68. The average molecular weight is 229 g/mol. The summed E-state index contributed by atoms with van der Waals surface area (Å²) in [6.07, 6.45) is -5.38. The molecule has 0 aliphatic carbocycles. The van der Waals surface area contributed by atoms with Crippen LogP contribution in [0.5, 0.6) is 0 Å².